The lowest BCUT2D eigenvalue weighted by molar-refractivity contribution is 0.162. The van der Waals surface area contributed by atoms with Crippen LogP contribution in [-0.4, -0.2) is 33.6 Å². The second-order valence-corrected chi connectivity index (χ2v) is 6.09. The molecular formula is C13H22BrN3O. The van der Waals surface area contributed by atoms with Gasteiger partial charge in [-0.05, 0) is 55.6 Å². The van der Waals surface area contributed by atoms with Gasteiger partial charge in [-0.15, -0.1) is 0 Å². The van der Waals surface area contributed by atoms with E-state index in [9.17, 15) is 5.11 Å². The van der Waals surface area contributed by atoms with Gasteiger partial charge in [0.05, 0.1) is 28.5 Å². The highest BCUT2D eigenvalue weighted by Crippen LogP contribution is 2.39. The number of nitrogens with zero attached hydrogens (tertiary/aromatic N) is 2. The molecule has 1 heterocycles. The Bertz CT molecular complexity index is 432. The van der Waals surface area contributed by atoms with Crippen molar-refractivity contribution in [2.75, 3.05) is 13.2 Å². The first-order chi connectivity index (χ1) is 8.53. The van der Waals surface area contributed by atoms with Crippen molar-refractivity contribution in [2.45, 2.75) is 51.6 Å². The summed E-state index contributed by atoms with van der Waals surface area (Å²) in [4.78, 5) is 0. The highest BCUT2D eigenvalue weighted by Gasteiger charge is 2.39. The third-order valence-electron chi connectivity index (χ3n) is 4.02. The van der Waals surface area contributed by atoms with E-state index in [2.05, 4.69) is 44.9 Å². The second kappa shape index (κ2) is 5.31. The van der Waals surface area contributed by atoms with Gasteiger partial charge in [0.2, 0.25) is 0 Å². The number of rotatable bonds is 4. The molecule has 0 amide bonds. The quantitative estimate of drug-likeness (QED) is 0.896. The molecule has 1 saturated carbocycles. The molecule has 18 heavy (non-hydrogen) atoms. The molecule has 0 aliphatic heterocycles. The van der Waals surface area contributed by atoms with E-state index in [0.717, 1.165) is 36.0 Å². The molecule has 2 rings (SSSR count). The summed E-state index contributed by atoms with van der Waals surface area (Å²) >= 11 is 3.58. The zero-order valence-corrected chi connectivity index (χ0v) is 12.9. The van der Waals surface area contributed by atoms with Crippen molar-refractivity contribution in [2.24, 2.45) is 0 Å². The average Bonchev–Trinajstić information content (AvgIpc) is 2.88. The minimum atomic E-state index is -0.113. The maximum atomic E-state index is 9.64. The largest absolute Gasteiger partial charge is 0.394 e. The lowest BCUT2D eigenvalue weighted by Gasteiger charge is -2.28. The van der Waals surface area contributed by atoms with Crippen LogP contribution < -0.4 is 5.32 Å². The Morgan fingerprint density at radius 1 is 1.56 bits per heavy atom. The van der Waals surface area contributed by atoms with Gasteiger partial charge in [0, 0.05) is 5.54 Å². The number of aryl methyl sites for hydroxylation is 1. The van der Waals surface area contributed by atoms with Crippen LogP contribution in [0, 0.1) is 13.8 Å². The minimum absolute atomic E-state index is 0.113. The van der Waals surface area contributed by atoms with Crippen LogP contribution in [0.1, 0.15) is 43.6 Å². The zero-order valence-electron chi connectivity index (χ0n) is 11.3. The number of aliphatic hydroxyl groups is 1. The van der Waals surface area contributed by atoms with Gasteiger partial charge in [0.1, 0.15) is 0 Å². The van der Waals surface area contributed by atoms with Crippen LogP contribution in [0.25, 0.3) is 0 Å². The van der Waals surface area contributed by atoms with Crippen molar-refractivity contribution in [3.8, 4) is 0 Å². The molecule has 2 atom stereocenters. The molecule has 0 saturated heterocycles. The van der Waals surface area contributed by atoms with Crippen LogP contribution in [0.3, 0.4) is 0 Å². The molecule has 0 aromatic carbocycles. The van der Waals surface area contributed by atoms with E-state index in [1.165, 1.54) is 5.69 Å². The molecule has 1 aromatic rings. The maximum Gasteiger partial charge on any atom is 0.0738 e. The molecular weight excluding hydrogens is 294 g/mol. The first kappa shape index (κ1) is 14.0. The standard InChI is InChI=1S/C13H22BrN3O/c1-4-15-13(8-18)6-5-11(7-13)17-10(3)12(14)9(2)16-17/h11,15,18H,4-8H2,1-3H3. The van der Waals surface area contributed by atoms with Crippen LogP contribution >= 0.6 is 15.9 Å². The lowest BCUT2D eigenvalue weighted by atomic mass is 9.98. The monoisotopic (exact) mass is 315 g/mol. The molecule has 4 nitrogen and oxygen atoms in total. The number of hydrogen-bond donors (Lipinski definition) is 2. The molecule has 1 aliphatic carbocycles. The summed E-state index contributed by atoms with van der Waals surface area (Å²) in [6.45, 7) is 7.30. The summed E-state index contributed by atoms with van der Waals surface area (Å²) in [6, 6.07) is 0.390. The van der Waals surface area contributed by atoms with E-state index >= 15 is 0 Å². The molecule has 102 valence electrons. The Labute approximate surface area is 117 Å². The van der Waals surface area contributed by atoms with Gasteiger partial charge in [-0.3, -0.25) is 4.68 Å². The normalized spacial score (nSPS) is 27.9. The van der Waals surface area contributed by atoms with Crippen molar-refractivity contribution in [3.63, 3.8) is 0 Å². The SMILES string of the molecule is CCNC1(CO)CCC(n2nc(C)c(Br)c2C)C1. The topological polar surface area (TPSA) is 50.1 Å². The fourth-order valence-electron chi connectivity index (χ4n) is 3.04. The van der Waals surface area contributed by atoms with Crippen molar-refractivity contribution in [1.82, 2.24) is 15.1 Å². The van der Waals surface area contributed by atoms with Crippen LogP contribution in [-0.2, 0) is 0 Å². The Morgan fingerprint density at radius 3 is 2.78 bits per heavy atom. The fourth-order valence-corrected chi connectivity index (χ4v) is 3.30. The van der Waals surface area contributed by atoms with E-state index in [4.69, 9.17) is 0 Å². The average molecular weight is 316 g/mol. The van der Waals surface area contributed by atoms with E-state index in [1.54, 1.807) is 0 Å². The Hall–Kier alpha value is -0.390. The van der Waals surface area contributed by atoms with E-state index in [-0.39, 0.29) is 12.1 Å². The van der Waals surface area contributed by atoms with Gasteiger partial charge in [0.25, 0.3) is 0 Å². The highest BCUT2D eigenvalue weighted by molar-refractivity contribution is 9.10. The zero-order chi connectivity index (χ0) is 13.3. The highest BCUT2D eigenvalue weighted by atomic mass is 79.9. The van der Waals surface area contributed by atoms with Gasteiger partial charge in [-0.1, -0.05) is 6.92 Å². The van der Waals surface area contributed by atoms with Crippen molar-refractivity contribution >= 4 is 15.9 Å². The summed E-state index contributed by atoms with van der Waals surface area (Å²) < 4.78 is 3.22. The number of likely N-dealkylation sites (N-methyl/N-ethyl adjacent to an activating group) is 1. The van der Waals surface area contributed by atoms with E-state index < -0.39 is 0 Å². The van der Waals surface area contributed by atoms with Crippen molar-refractivity contribution in [1.29, 1.82) is 0 Å². The predicted molar refractivity (Wildman–Crippen MR) is 75.8 cm³/mol. The predicted octanol–water partition coefficient (Wildman–Crippen LogP) is 2.33. The smallest absolute Gasteiger partial charge is 0.0738 e. The number of nitrogens with one attached hydrogen (secondary N) is 1. The molecule has 2 N–H and O–H groups in total. The maximum absolute atomic E-state index is 9.64. The molecule has 0 bridgehead atoms. The third kappa shape index (κ3) is 2.36. The molecule has 1 fully saturated rings. The Kier molecular flexibility index (Phi) is 4.14. The number of aliphatic hydroxyl groups excluding tert-OH is 1. The van der Waals surface area contributed by atoms with Crippen LogP contribution in [0.4, 0.5) is 0 Å². The van der Waals surface area contributed by atoms with Gasteiger partial charge in [-0.25, -0.2) is 0 Å². The van der Waals surface area contributed by atoms with Crippen LogP contribution in [0.5, 0.6) is 0 Å². The summed E-state index contributed by atoms with van der Waals surface area (Å²) in [5.41, 5.74) is 2.11. The molecule has 2 unspecified atom stereocenters. The second-order valence-electron chi connectivity index (χ2n) is 5.29. The fraction of sp³-hybridized carbons (Fsp3) is 0.769. The number of hydrogen-bond acceptors (Lipinski definition) is 3. The molecule has 5 heteroatoms. The summed E-state index contributed by atoms with van der Waals surface area (Å²) in [7, 11) is 0. The van der Waals surface area contributed by atoms with Gasteiger partial charge < -0.3 is 10.4 Å². The van der Waals surface area contributed by atoms with Gasteiger partial charge in [-0.2, -0.15) is 5.10 Å². The van der Waals surface area contributed by atoms with Crippen molar-refractivity contribution < 1.29 is 5.11 Å². The van der Waals surface area contributed by atoms with Gasteiger partial charge >= 0.3 is 0 Å². The molecule has 0 spiro atoms. The van der Waals surface area contributed by atoms with Crippen LogP contribution in [0.15, 0.2) is 4.47 Å². The van der Waals surface area contributed by atoms with E-state index in [1.807, 2.05) is 6.92 Å². The first-order valence-corrected chi connectivity index (χ1v) is 7.39. The summed E-state index contributed by atoms with van der Waals surface area (Å²) in [5, 5.41) is 17.7. The third-order valence-corrected chi connectivity index (χ3v) is 5.17. The molecule has 1 aliphatic rings. The molecule has 1 aromatic heterocycles. The minimum Gasteiger partial charge on any atom is -0.394 e. The summed E-state index contributed by atoms with van der Waals surface area (Å²) in [5.74, 6) is 0. The molecule has 0 radical (unpaired) electrons. The van der Waals surface area contributed by atoms with E-state index in [0.29, 0.717) is 6.04 Å². The Balaban J connectivity index is 2.19. The Morgan fingerprint density at radius 2 is 2.28 bits per heavy atom. The number of halogens is 1. The lowest BCUT2D eigenvalue weighted by Crippen LogP contribution is -2.46. The summed E-state index contributed by atoms with van der Waals surface area (Å²) in [6.07, 6.45) is 3.03. The first-order valence-electron chi connectivity index (χ1n) is 6.60. The van der Waals surface area contributed by atoms with Crippen LogP contribution in [0.2, 0.25) is 0 Å². The number of aromatic nitrogens is 2. The van der Waals surface area contributed by atoms with Crippen molar-refractivity contribution in [3.05, 3.63) is 15.9 Å². The van der Waals surface area contributed by atoms with Gasteiger partial charge in [0.15, 0.2) is 0 Å².